The predicted molar refractivity (Wildman–Crippen MR) is 89.8 cm³/mol. The molecule has 24 heavy (non-hydrogen) atoms. The fourth-order valence-electron chi connectivity index (χ4n) is 2.68. The molecule has 0 N–H and O–H groups in total. The van der Waals surface area contributed by atoms with Crippen molar-refractivity contribution < 1.29 is 13.9 Å². The van der Waals surface area contributed by atoms with Crippen molar-refractivity contribution in [3.05, 3.63) is 41.5 Å². The molecule has 1 saturated heterocycles. The van der Waals surface area contributed by atoms with E-state index in [4.69, 9.17) is 4.74 Å². The molecule has 2 heterocycles. The number of hydrogen-bond acceptors (Lipinski definition) is 6. The molecule has 1 aromatic heterocycles. The minimum atomic E-state index is -0.475. The smallest absolute Gasteiger partial charge is 0.256 e. The van der Waals surface area contributed by atoms with Crippen molar-refractivity contribution in [3.63, 3.8) is 0 Å². The second-order valence-electron chi connectivity index (χ2n) is 5.54. The SMILES string of the molecule is COCc1nsc(N2CCCN(C(=O)c3ccccc3F)CC2)n1. The first-order valence-electron chi connectivity index (χ1n) is 7.79. The number of methoxy groups -OCH3 is 1. The highest BCUT2D eigenvalue weighted by molar-refractivity contribution is 7.09. The van der Waals surface area contributed by atoms with Crippen molar-refractivity contribution >= 4 is 22.6 Å². The molecule has 0 bridgehead atoms. The van der Waals surface area contributed by atoms with E-state index in [0.29, 0.717) is 32.1 Å². The number of carbonyl (C=O) groups excluding carboxylic acids is 1. The second kappa shape index (κ2) is 7.67. The van der Waals surface area contributed by atoms with Crippen molar-refractivity contribution in [2.24, 2.45) is 0 Å². The van der Waals surface area contributed by atoms with Gasteiger partial charge in [-0.2, -0.15) is 4.37 Å². The van der Waals surface area contributed by atoms with Crippen LogP contribution in [0.15, 0.2) is 24.3 Å². The number of carbonyl (C=O) groups is 1. The van der Waals surface area contributed by atoms with Crippen molar-refractivity contribution in [1.82, 2.24) is 14.3 Å². The quantitative estimate of drug-likeness (QED) is 0.846. The number of amides is 1. The van der Waals surface area contributed by atoms with Gasteiger partial charge in [0, 0.05) is 44.8 Å². The van der Waals surface area contributed by atoms with Crippen LogP contribution >= 0.6 is 11.5 Å². The Bertz CT molecular complexity index is 709. The third-order valence-corrected chi connectivity index (χ3v) is 4.70. The lowest BCUT2D eigenvalue weighted by atomic mass is 10.2. The van der Waals surface area contributed by atoms with Gasteiger partial charge in [0.2, 0.25) is 5.13 Å². The Labute approximate surface area is 144 Å². The van der Waals surface area contributed by atoms with Gasteiger partial charge in [-0.1, -0.05) is 12.1 Å². The monoisotopic (exact) mass is 350 g/mol. The molecule has 0 saturated carbocycles. The average molecular weight is 350 g/mol. The van der Waals surface area contributed by atoms with Gasteiger partial charge in [0.25, 0.3) is 5.91 Å². The van der Waals surface area contributed by atoms with E-state index in [1.807, 2.05) is 0 Å². The number of halogens is 1. The lowest BCUT2D eigenvalue weighted by Gasteiger charge is -2.21. The maximum atomic E-state index is 13.8. The predicted octanol–water partition coefficient (Wildman–Crippen LogP) is 2.18. The number of aromatic nitrogens is 2. The summed E-state index contributed by atoms with van der Waals surface area (Å²) in [6.07, 6.45) is 0.805. The topological polar surface area (TPSA) is 58.6 Å². The molecule has 1 amide bonds. The zero-order valence-electron chi connectivity index (χ0n) is 13.4. The molecule has 0 aliphatic carbocycles. The minimum absolute atomic E-state index is 0.129. The van der Waals surface area contributed by atoms with Gasteiger partial charge < -0.3 is 14.5 Å². The maximum Gasteiger partial charge on any atom is 0.256 e. The molecule has 1 aromatic carbocycles. The highest BCUT2D eigenvalue weighted by Crippen LogP contribution is 2.20. The Morgan fingerprint density at radius 3 is 2.92 bits per heavy atom. The van der Waals surface area contributed by atoms with E-state index < -0.39 is 5.82 Å². The van der Waals surface area contributed by atoms with Crippen molar-refractivity contribution in [3.8, 4) is 0 Å². The van der Waals surface area contributed by atoms with Crippen LogP contribution in [0.25, 0.3) is 0 Å². The van der Waals surface area contributed by atoms with Crippen LogP contribution in [0, 0.1) is 5.82 Å². The molecule has 1 aliphatic rings. The Kier molecular flexibility index (Phi) is 5.37. The maximum absolute atomic E-state index is 13.8. The van der Waals surface area contributed by atoms with Crippen LogP contribution < -0.4 is 4.90 Å². The molecular formula is C16H19FN4O2S. The van der Waals surface area contributed by atoms with Crippen LogP contribution in [-0.2, 0) is 11.3 Å². The van der Waals surface area contributed by atoms with E-state index >= 15 is 0 Å². The van der Waals surface area contributed by atoms with E-state index in [2.05, 4.69) is 14.3 Å². The molecule has 3 rings (SSSR count). The van der Waals surface area contributed by atoms with Gasteiger partial charge in [0.1, 0.15) is 12.4 Å². The number of benzene rings is 1. The zero-order valence-corrected chi connectivity index (χ0v) is 14.3. The van der Waals surface area contributed by atoms with E-state index in [-0.39, 0.29) is 11.5 Å². The molecule has 6 nitrogen and oxygen atoms in total. The highest BCUT2D eigenvalue weighted by atomic mass is 32.1. The van der Waals surface area contributed by atoms with Crippen LogP contribution in [0.2, 0.25) is 0 Å². The first kappa shape index (κ1) is 16.8. The van der Waals surface area contributed by atoms with Crippen molar-refractivity contribution in [2.45, 2.75) is 13.0 Å². The number of nitrogens with zero attached hydrogens (tertiary/aromatic N) is 4. The second-order valence-corrected chi connectivity index (χ2v) is 6.27. The summed E-state index contributed by atoms with van der Waals surface area (Å²) >= 11 is 1.34. The summed E-state index contributed by atoms with van der Waals surface area (Å²) in [6, 6.07) is 6.11. The van der Waals surface area contributed by atoms with E-state index in [0.717, 1.165) is 18.1 Å². The normalized spacial score (nSPS) is 15.4. The van der Waals surface area contributed by atoms with Gasteiger partial charge in [-0.05, 0) is 18.6 Å². The Morgan fingerprint density at radius 2 is 2.12 bits per heavy atom. The molecule has 1 aliphatic heterocycles. The summed E-state index contributed by atoms with van der Waals surface area (Å²) < 4.78 is 23.1. The highest BCUT2D eigenvalue weighted by Gasteiger charge is 2.23. The average Bonchev–Trinajstić information content (AvgIpc) is 2.91. The summed E-state index contributed by atoms with van der Waals surface area (Å²) in [5.41, 5.74) is 0.129. The standard InChI is InChI=1S/C16H19FN4O2S/c1-23-11-14-18-16(24-19-14)21-8-4-7-20(9-10-21)15(22)12-5-2-3-6-13(12)17/h2-3,5-6H,4,7-11H2,1H3. The minimum Gasteiger partial charge on any atom is -0.377 e. The molecule has 0 radical (unpaired) electrons. The lowest BCUT2D eigenvalue weighted by molar-refractivity contribution is 0.0762. The van der Waals surface area contributed by atoms with Gasteiger partial charge in [0.05, 0.1) is 5.56 Å². The number of rotatable bonds is 4. The molecule has 0 atom stereocenters. The Morgan fingerprint density at radius 1 is 1.29 bits per heavy atom. The molecule has 0 spiro atoms. The Balaban J connectivity index is 1.66. The molecule has 128 valence electrons. The fraction of sp³-hybridized carbons (Fsp3) is 0.438. The van der Waals surface area contributed by atoms with Gasteiger partial charge in [0.15, 0.2) is 5.82 Å². The third-order valence-electron chi connectivity index (χ3n) is 3.89. The van der Waals surface area contributed by atoms with Gasteiger partial charge in [-0.15, -0.1) is 0 Å². The third kappa shape index (κ3) is 3.70. The van der Waals surface area contributed by atoms with E-state index in [9.17, 15) is 9.18 Å². The van der Waals surface area contributed by atoms with Gasteiger partial charge in [-0.3, -0.25) is 4.79 Å². The lowest BCUT2D eigenvalue weighted by Crippen LogP contribution is -2.35. The number of ether oxygens (including phenoxy) is 1. The summed E-state index contributed by atoms with van der Waals surface area (Å²) in [4.78, 5) is 20.8. The molecule has 1 fully saturated rings. The van der Waals surface area contributed by atoms with Crippen LogP contribution in [0.5, 0.6) is 0 Å². The summed E-state index contributed by atoms with van der Waals surface area (Å²) in [5.74, 6) is -0.0646. The first-order chi connectivity index (χ1) is 11.7. The fourth-order valence-corrected chi connectivity index (χ4v) is 3.40. The first-order valence-corrected chi connectivity index (χ1v) is 8.56. The van der Waals surface area contributed by atoms with Crippen molar-refractivity contribution in [1.29, 1.82) is 0 Å². The summed E-state index contributed by atoms with van der Waals surface area (Å²) in [7, 11) is 1.61. The molecule has 0 unspecified atom stereocenters. The summed E-state index contributed by atoms with van der Waals surface area (Å²) in [5, 5.41) is 0.835. The largest absolute Gasteiger partial charge is 0.377 e. The van der Waals surface area contributed by atoms with E-state index in [1.54, 1.807) is 24.1 Å². The Hall–Kier alpha value is -2.06. The van der Waals surface area contributed by atoms with Crippen LogP contribution in [0.3, 0.4) is 0 Å². The number of anilines is 1. The van der Waals surface area contributed by atoms with Crippen LogP contribution in [-0.4, -0.2) is 53.5 Å². The molecular weight excluding hydrogens is 331 g/mol. The van der Waals surface area contributed by atoms with Crippen molar-refractivity contribution in [2.75, 3.05) is 38.2 Å². The van der Waals surface area contributed by atoms with Gasteiger partial charge >= 0.3 is 0 Å². The van der Waals surface area contributed by atoms with Gasteiger partial charge in [-0.25, -0.2) is 9.37 Å². The molecule has 2 aromatic rings. The van der Waals surface area contributed by atoms with Crippen LogP contribution in [0.1, 0.15) is 22.6 Å². The zero-order chi connectivity index (χ0) is 16.9. The summed E-state index contributed by atoms with van der Waals surface area (Å²) in [6.45, 7) is 2.98. The van der Waals surface area contributed by atoms with Crippen LogP contribution in [0.4, 0.5) is 9.52 Å². The molecule has 8 heteroatoms. The van der Waals surface area contributed by atoms with E-state index in [1.165, 1.54) is 23.7 Å². The number of hydrogen-bond donors (Lipinski definition) is 0.